The second-order valence-electron chi connectivity index (χ2n) is 3.52. The molecule has 0 fully saturated rings. The molecule has 1 rings (SSSR count). The van der Waals surface area contributed by atoms with Gasteiger partial charge in [0.15, 0.2) is 0 Å². The number of benzene rings is 1. The molecule has 0 radical (unpaired) electrons. The van der Waals surface area contributed by atoms with Gasteiger partial charge in [-0.1, -0.05) is 18.2 Å². The summed E-state index contributed by atoms with van der Waals surface area (Å²) in [5, 5.41) is 2.84. The molecule has 0 aliphatic heterocycles. The summed E-state index contributed by atoms with van der Waals surface area (Å²) >= 11 is 0. The van der Waals surface area contributed by atoms with Crippen LogP contribution in [0, 0.1) is 0 Å². The first-order valence-electron chi connectivity index (χ1n) is 6.05. The van der Waals surface area contributed by atoms with Gasteiger partial charge in [-0.15, -0.1) is 0 Å². The Morgan fingerprint density at radius 2 is 1.74 bits per heavy atom. The molecular formula is C14H17NO4. The summed E-state index contributed by atoms with van der Waals surface area (Å²) in [6.45, 7) is 3.87. The van der Waals surface area contributed by atoms with Crippen molar-refractivity contribution in [3.63, 3.8) is 0 Å². The van der Waals surface area contributed by atoms with Gasteiger partial charge in [-0.25, -0.2) is 9.59 Å². The maximum atomic E-state index is 11.7. The van der Waals surface area contributed by atoms with E-state index in [1.165, 1.54) is 0 Å². The van der Waals surface area contributed by atoms with Crippen molar-refractivity contribution in [2.45, 2.75) is 13.8 Å². The lowest BCUT2D eigenvalue weighted by atomic mass is 10.3. The van der Waals surface area contributed by atoms with Gasteiger partial charge in [0.2, 0.25) is 0 Å². The fourth-order valence-corrected chi connectivity index (χ4v) is 1.33. The molecule has 0 heterocycles. The van der Waals surface area contributed by atoms with E-state index in [-0.39, 0.29) is 18.9 Å². The molecule has 0 aliphatic rings. The van der Waals surface area contributed by atoms with E-state index in [1.54, 1.807) is 26.0 Å². The number of carbonyl (C=O) groups excluding carboxylic acids is 2. The van der Waals surface area contributed by atoms with Crippen LogP contribution in [0.1, 0.15) is 13.8 Å². The molecule has 1 aromatic carbocycles. The van der Waals surface area contributed by atoms with Gasteiger partial charge >= 0.3 is 11.9 Å². The van der Waals surface area contributed by atoms with Crippen molar-refractivity contribution in [3.8, 4) is 0 Å². The van der Waals surface area contributed by atoms with Crippen molar-refractivity contribution in [2.75, 3.05) is 18.5 Å². The average molecular weight is 263 g/mol. The molecule has 1 aromatic rings. The number of para-hydroxylation sites is 1. The summed E-state index contributed by atoms with van der Waals surface area (Å²) in [5.41, 5.74) is 0.734. The molecule has 0 atom stereocenters. The molecule has 0 saturated heterocycles. The zero-order valence-electron chi connectivity index (χ0n) is 11.0. The number of nitrogens with one attached hydrogen (secondary N) is 1. The second kappa shape index (κ2) is 7.92. The van der Waals surface area contributed by atoms with Gasteiger partial charge < -0.3 is 14.8 Å². The minimum atomic E-state index is -0.598. The Labute approximate surface area is 112 Å². The first-order valence-corrected chi connectivity index (χ1v) is 6.05. The van der Waals surface area contributed by atoms with Gasteiger partial charge in [-0.05, 0) is 26.0 Å². The van der Waals surface area contributed by atoms with Crippen molar-refractivity contribution < 1.29 is 19.1 Å². The van der Waals surface area contributed by atoms with E-state index in [9.17, 15) is 9.59 Å². The molecule has 5 heteroatoms. The Balaban J connectivity index is 2.86. The van der Waals surface area contributed by atoms with E-state index in [4.69, 9.17) is 9.47 Å². The number of carbonyl (C=O) groups is 2. The molecule has 0 aromatic heterocycles. The van der Waals surface area contributed by atoms with Crippen LogP contribution in [-0.2, 0) is 19.1 Å². The highest BCUT2D eigenvalue weighted by molar-refractivity contribution is 5.98. The van der Waals surface area contributed by atoms with Crippen molar-refractivity contribution in [1.82, 2.24) is 0 Å². The molecule has 0 unspecified atom stereocenters. The SMILES string of the molecule is CCOC(=O)/C=C(\Nc1ccccc1)C(=O)OCC. The van der Waals surface area contributed by atoms with Gasteiger partial charge in [-0.2, -0.15) is 0 Å². The van der Waals surface area contributed by atoms with E-state index in [0.717, 1.165) is 6.08 Å². The average Bonchev–Trinajstić information content (AvgIpc) is 2.40. The van der Waals surface area contributed by atoms with Gasteiger partial charge in [0, 0.05) is 5.69 Å². The summed E-state index contributed by atoms with van der Waals surface area (Å²) in [4.78, 5) is 23.1. The van der Waals surface area contributed by atoms with Crippen molar-refractivity contribution in [3.05, 3.63) is 42.1 Å². The Morgan fingerprint density at radius 1 is 1.11 bits per heavy atom. The van der Waals surface area contributed by atoms with Crippen LogP contribution in [0.3, 0.4) is 0 Å². The maximum absolute atomic E-state index is 11.7. The monoisotopic (exact) mass is 263 g/mol. The van der Waals surface area contributed by atoms with Crippen molar-refractivity contribution in [2.24, 2.45) is 0 Å². The minimum absolute atomic E-state index is 0.0477. The predicted molar refractivity (Wildman–Crippen MR) is 71.4 cm³/mol. The lowest BCUT2D eigenvalue weighted by Gasteiger charge is -2.09. The number of rotatable bonds is 6. The number of hydrogen-bond donors (Lipinski definition) is 1. The van der Waals surface area contributed by atoms with Gasteiger partial charge in [-0.3, -0.25) is 0 Å². The largest absolute Gasteiger partial charge is 0.463 e. The van der Waals surface area contributed by atoms with Crippen molar-refractivity contribution >= 4 is 17.6 Å². The Hall–Kier alpha value is -2.30. The summed E-state index contributed by atoms with van der Waals surface area (Å²) in [6, 6.07) is 9.03. The summed E-state index contributed by atoms with van der Waals surface area (Å²) in [5.74, 6) is -1.19. The van der Waals surface area contributed by atoms with Crippen molar-refractivity contribution in [1.29, 1.82) is 0 Å². The molecule has 1 N–H and O–H groups in total. The van der Waals surface area contributed by atoms with E-state index in [2.05, 4.69) is 5.32 Å². The van der Waals surface area contributed by atoms with E-state index >= 15 is 0 Å². The van der Waals surface area contributed by atoms with Crippen LogP contribution in [0.25, 0.3) is 0 Å². The lowest BCUT2D eigenvalue weighted by Crippen LogP contribution is -2.17. The summed E-state index contributed by atoms with van der Waals surface area (Å²) in [7, 11) is 0. The fourth-order valence-electron chi connectivity index (χ4n) is 1.33. The first-order chi connectivity index (χ1) is 9.17. The molecule has 0 amide bonds. The van der Waals surface area contributed by atoms with E-state index in [1.807, 2.05) is 18.2 Å². The normalized spacial score (nSPS) is 10.7. The van der Waals surface area contributed by atoms with Crippen LogP contribution in [0.15, 0.2) is 42.1 Å². The molecule has 5 nitrogen and oxygen atoms in total. The molecular weight excluding hydrogens is 246 g/mol. The van der Waals surface area contributed by atoms with Crippen LogP contribution in [-0.4, -0.2) is 25.2 Å². The zero-order chi connectivity index (χ0) is 14.1. The van der Waals surface area contributed by atoms with Crippen LogP contribution in [0.2, 0.25) is 0 Å². The Kier molecular flexibility index (Phi) is 6.15. The zero-order valence-corrected chi connectivity index (χ0v) is 11.0. The van der Waals surface area contributed by atoms with E-state index < -0.39 is 11.9 Å². The first kappa shape index (κ1) is 14.8. The van der Waals surface area contributed by atoms with Crippen LogP contribution < -0.4 is 5.32 Å². The minimum Gasteiger partial charge on any atom is -0.463 e. The molecule has 0 spiro atoms. The molecule has 0 aliphatic carbocycles. The van der Waals surface area contributed by atoms with Crippen LogP contribution in [0.5, 0.6) is 0 Å². The highest BCUT2D eigenvalue weighted by Crippen LogP contribution is 2.10. The quantitative estimate of drug-likeness (QED) is 0.629. The number of hydrogen-bond acceptors (Lipinski definition) is 5. The summed E-state index contributed by atoms with van der Waals surface area (Å²) < 4.78 is 9.65. The lowest BCUT2D eigenvalue weighted by molar-refractivity contribution is -0.140. The molecule has 102 valence electrons. The molecule has 0 saturated carbocycles. The third kappa shape index (κ3) is 5.25. The number of ether oxygens (including phenoxy) is 2. The summed E-state index contributed by atoms with van der Waals surface area (Å²) in [6.07, 6.45) is 1.09. The third-order valence-corrected chi connectivity index (χ3v) is 2.10. The predicted octanol–water partition coefficient (Wildman–Crippen LogP) is 2.11. The molecule has 0 bridgehead atoms. The topological polar surface area (TPSA) is 64.6 Å². The van der Waals surface area contributed by atoms with Crippen LogP contribution in [0.4, 0.5) is 5.69 Å². The van der Waals surface area contributed by atoms with Gasteiger partial charge in [0.1, 0.15) is 5.70 Å². The van der Waals surface area contributed by atoms with E-state index in [0.29, 0.717) is 5.69 Å². The maximum Gasteiger partial charge on any atom is 0.355 e. The van der Waals surface area contributed by atoms with Gasteiger partial charge in [0.05, 0.1) is 19.3 Å². The second-order valence-corrected chi connectivity index (χ2v) is 3.52. The fraction of sp³-hybridized carbons (Fsp3) is 0.286. The van der Waals surface area contributed by atoms with Crippen LogP contribution >= 0.6 is 0 Å². The third-order valence-electron chi connectivity index (χ3n) is 2.10. The Morgan fingerprint density at radius 3 is 2.32 bits per heavy atom. The van der Waals surface area contributed by atoms with Gasteiger partial charge in [0.25, 0.3) is 0 Å². The highest BCUT2D eigenvalue weighted by Gasteiger charge is 2.13. The number of esters is 2. The Bertz CT molecular complexity index is 454. The molecule has 19 heavy (non-hydrogen) atoms. The standard InChI is InChI=1S/C14H17NO4/c1-3-18-13(16)10-12(14(17)19-4-2)15-11-8-6-5-7-9-11/h5-10,15H,3-4H2,1-2H3/b12-10-. The number of anilines is 1. The smallest absolute Gasteiger partial charge is 0.355 e. The highest BCUT2D eigenvalue weighted by atomic mass is 16.5.